The zero-order chi connectivity index (χ0) is 17.3. The lowest BCUT2D eigenvalue weighted by Gasteiger charge is -2.19. The molecule has 24 heavy (non-hydrogen) atoms. The third-order valence-electron chi connectivity index (χ3n) is 3.41. The maximum Gasteiger partial charge on any atom is 0.412 e. The van der Waals surface area contributed by atoms with Crippen LogP contribution in [0.15, 0.2) is 46.9 Å². The van der Waals surface area contributed by atoms with E-state index < -0.39 is 11.7 Å². The average Bonchev–Trinajstić information content (AvgIpc) is 2.88. The zero-order valence-electron chi connectivity index (χ0n) is 14.2. The molecule has 1 N–H and O–H groups in total. The predicted molar refractivity (Wildman–Crippen MR) is 94.0 cm³/mol. The number of amides is 1. The van der Waals surface area contributed by atoms with Crippen molar-refractivity contribution in [1.82, 2.24) is 4.98 Å². The Morgan fingerprint density at radius 3 is 2.62 bits per heavy atom. The predicted octanol–water partition coefficient (Wildman–Crippen LogP) is 5.15. The monoisotopic (exact) mass is 324 g/mol. The van der Waals surface area contributed by atoms with Crippen LogP contribution in [0.2, 0.25) is 0 Å². The van der Waals surface area contributed by atoms with Crippen molar-refractivity contribution in [2.45, 2.75) is 33.3 Å². The fraction of sp³-hybridized carbons (Fsp3) is 0.263. The van der Waals surface area contributed by atoms with Crippen molar-refractivity contribution in [3.05, 3.63) is 48.0 Å². The van der Waals surface area contributed by atoms with Gasteiger partial charge in [0.2, 0.25) is 5.89 Å². The average molecular weight is 324 g/mol. The molecule has 0 spiro atoms. The molecule has 0 saturated heterocycles. The normalized spacial score (nSPS) is 11.5. The fourth-order valence-corrected chi connectivity index (χ4v) is 2.35. The molecule has 0 radical (unpaired) electrons. The van der Waals surface area contributed by atoms with Crippen LogP contribution in [0, 0.1) is 6.92 Å². The first-order valence-corrected chi connectivity index (χ1v) is 7.78. The largest absolute Gasteiger partial charge is 0.444 e. The Morgan fingerprint density at radius 1 is 1.17 bits per heavy atom. The molecule has 1 aromatic heterocycles. The van der Waals surface area contributed by atoms with E-state index in [1.165, 1.54) is 0 Å². The molecule has 0 aliphatic rings. The molecule has 0 bridgehead atoms. The highest BCUT2D eigenvalue weighted by atomic mass is 16.6. The van der Waals surface area contributed by atoms with Crippen LogP contribution in [0.1, 0.15) is 26.3 Å². The van der Waals surface area contributed by atoms with Crippen molar-refractivity contribution in [3.63, 3.8) is 0 Å². The van der Waals surface area contributed by atoms with E-state index >= 15 is 0 Å². The van der Waals surface area contributed by atoms with Gasteiger partial charge in [-0.3, -0.25) is 5.32 Å². The molecule has 1 amide bonds. The van der Waals surface area contributed by atoms with Gasteiger partial charge in [0, 0.05) is 11.3 Å². The summed E-state index contributed by atoms with van der Waals surface area (Å²) in [5.41, 5.74) is 3.47. The van der Waals surface area contributed by atoms with E-state index in [0.29, 0.717) is 22.7 Å². The molecule has 5 heteroatoms. The summed E-state index contributed by atoms with van der Waals surface area (Å²) < 4.78 is 11.1. The Labute approximate surface area is 140 Å². The Kier molecular flexibility index (Phi) is 4.01. The molecule has 3 aromatic rings. The van der Waals surface area contributed by atoms with Gasteiger partial charge in [-0.05, 0) is 57.5 Å². The SMILES string of the molecule is Cc1ccccc1-c1nc2cc(NC(=O)OC(C)(C)C)ccc2o1. The van der Waals surface area contributed by atoms with Crippen molar-refractivity contribution < 1.29 is 13.9 Å². The molecule has 3 rings (SSSR count). The topological polar surface area (TPSA) is 64.4 Å². The summed E-state index contributed by atoms with van der Waals surface area (Å²) in [5.74, 6) is 0.567. The number of carbonyl (C=O) groups excluding carboxylic acids is 1. The van der Waals surface area contributed by atoms with E-state index in [0.717, 1.165) is 11.1 Å². The first-order chi connectivity index (χ1) is 11.3. The third-order valence-corrected chi connectivity index (χ3v) is 3.41. The number of ether oxygens (including phenoxy) is 1. The van der Waals surface area contributed by atoms with Crippen LogP contribution in [0.3, 0.4) is 0 Å². The Morgan fingerprint density at radius 2 is 1.92 bits per heavy atom. The summed E-state index contributed by atoms with van der Waals surface area (Å²) in [6, 6.07) is 13.2. The number of benzene rings is 2. The first kappa shape index (κ1) is 16.1. The molecule has 0 aliphatic carbocycles. The van der Waals surface area contributed by atoms with Crippen molar-refractivity contribution >= 4 is 22.9 Å². The lowest BCUT2D eigenvalue weighted by atomic mass is 10.1. The summed E-state index contributed by atoms with van der Waals surface area (Å²) in [7, 11) is 0. The molecule has 0 unspecified atom stereocenters. The van der Waals surface area contributed by atoms with Gasteiger partial charge in [-0.15, -0.1) is 0 Å². The number of oxazole rings is 1. The molecule has 0 aliphatic heterocycles. The number of fused-ring (bicyclic) bond motifs is 1. The van der Waals surface area contributed by atoms with E-state index in [1.807, 2.05) is 52.0 Å². The van der Waals surface area contributed by atoms with Gasteiger partial charge < -0.3 is 9.15 Å². The number of aromatic nitrogens is 1. The molecule has 0 atom stereocenters. The highest BCUT2D eigenvalue weighted by molar-refractivity contribution is 5.89. The van der Waals surface area contributed by atoms with E-state index in [2.05, 4.69) is 10.3 Å². The number of aryl methyl sites for hydroxylation is 1. The zero-order valence-corrected chi connectivity index (χ0v) is 14.2. The molecular formula is C19H20N2O3. The summed E-state index contributed by atoms with van der Waals surface area (Å²) in [6.45, 7) is 7.48. The standard InChI is InChI=1S/C19H20N2O3/c1-12-7-5-6-8-14(12)17-21-15-11-13(9-10-16(15)23-17)20-18(22)24-19(2,3)4/h5-11H,1-4H3,(H,20,22). The van der Waals surface area contributed by atoms with Crippen molar-refractivity contribution in [1.29, 1.82) is 0 Å². The van der Waals surface area contributed by atoms with Crippen LogP contribution in [0.4, 0.5) is 10.5 Å². The minimum absolute atomic E-state index is 0.496. The lowest BCUT2D eigenvalue weighted by Crippen LogP contribution is -2.27. The van der Waals surface area contributed by atoms with Crippen LogP contribution in [-0.2, 0) is 4.74 Å². The summed E-state index contributed by atoms with van der Waals surface area (Å²) >= 11 is 0. The number of hydrogen-bond donors (Lipinski definition) is 1. The maximum atomic E-state index is 11.9. The molecule has 0 saturated carbocycles. The Bertz CT molecular complexity index is 891. The number of rotatable bonds is 2. The highest BCUT2D eigenvalue weighted by Gasteiger charge is 2.17. The molecule has 1 heterocycles. The van der Waals surface area contributed by atoms with Gasteiger partial charge in [0.05, 0.1) is 0 Å². The number of carbonyl (C=O) groups is 1. The highest BCUT2D eigenvalue weighted by Crippen LogP contribution is 2.28. The van der Waals surface area contributed by atoms with E-state index in [-0.39, 0.29) is 0 Å². The summed E-state index contributed by atoms with van der Waals surface area (Å²) in [6.07, 6.45) is -0.496. The van der Waals surface area contributed by atoms with Gasteiger partial charge in [0.1, 0.15) is 11.1 Å². The Hall–Kier alpha value is -2.82. The summed E-state index contributed by atoms with van der Waals surface area (Å²) in [5, 5.41) is 2.71. The molecule has 0 fully saturated rings. The Balaban J connectivity index is 1.87. The number of hydrogen-bond acceptors (Lipinski definition) is 4. The molecule has 124 valence electrons. The number of nitrogens with zero attached hydrogens (tertiary/aromatic N) is 1. The lowest BCUT2D eigenvalue weighted by molar-refractivity contribution is 0.0636. The van der Waals surface area contributed by atoms with Gasteiger partial charge in [-0.25, -0.2) is 9.78 Å². The second kappa shape index (κ2) is 6.00. The van der Waals surface area contributed by atoms with Crippen molar-refractivity contribution in [2.75, 3.05) is 5.32 Å². The molecule has 5 nitrogen and oxygen atoms in total. The quantitative estimate of drug-likeness (QED) is 0.708. The van der Waals surface area contributed by atoms with Gasteiger partial charge in [0.15, 0.2) is 5.58 Å². The molecule has 2 aromatic carbocycles. The van der Waals surface area contributed by atoms with E-state index in [9.17, 15) is 4.79 Å². The third kappa shape index (κ3) is 3.56. The van der Waals surface area contributed by atoms with Gasteiger partial charge >= 0.3 is 6.09 Å². The second-order valence-electron chi connectivity index (χ2n) is 6.64. The fourth-order valence-electron chi connectivity index (χ4n) is 2.35. The minimum Gasteiger partial charge on any atom is -0.444 e. The first-order valence-electron chi connectivity index (χ1n) is 7.78. The van der Waals surface area contributed by atoms with Gasteiger partial charge in [-0.2, -0.15) is 0 Å². The van der Waals surface area contributed by atoms with Crippen LogP contribution in [-0.4, -0.2) is 16.7 Å². The number of anilines is 1. The smallest absolute Gasteiger partial charge is 0.412 e. The molecular weight excluding hydrogens is 304 g/mol. The number of nitrogens with one attached hydrogen (secondary N) is 1. The van der Waals surface area contributed by atoms with E-state index in [1.54, 1.807) is 18.2 Å². The summed E-state index contributed by atoms with van der Waals surface area (Å²) in [4.78, 5) is 16.4. The van der Waals surface area contributed by atoms with Crippen molar-refractivity contribution in [2.24, 2.45) is 0 Å². The second-order valence-corrected chi connectivity index (χ2v) is 6.64. The van der Waals surface area contributed by atoms with Gasteiger partial charge in [0.25, 0.3) is 0 Å². The minimum atomic E-state index is -0.542. The van der Waals surface area contributed by atoms with Crippen LogP contribution in [0.5, 0.6) is 0 Å². The van der Waals surface area contributed by atoms with E-state index in [4.69, 9.17) is 9.15 Å². The van der Waals surface area contributed by atoms with Gasteiger partial charge in [-0.1, -0.05) is 18.2 Å². The van der Waals surface area contributed by atoms with Crippen LogP contribution < -0.4 is 5.32 Å². The van der Waals surface area contributed by atoms with Crippen LogP contribution in [0.25, 0.3) is 22.6 Å². The van der Waals surface area contributed by atoms with Crippen molar-refractivity contribution in [3.8, 4) is 11.5 Å². The maximum absolute atomic E-state index is 11.9. The van der Waals surface area contributed by atoms with Crippen LogP contribution >= 0.6 is 0 Å².